The van der Waals surface area contributed by atoms with E-state index in [2.05, 4.69) is 60.9 Å². The first-order valence-electron chi connectivity index (χ1n) is 15.6. The van der Waals surface area contributed by atoms with Crippen molar-refractivity contribution in [3.05, 3.63) is 150 Å². The molecule has 45 heavy (non-hydrogen) atoms. The van der Waals surface area contributed by atoms with Crippen molar-refractivity contribution in [3.63, 3.8) is 0 Å². The molecular weight excluding hydrogens is 575 g/mol. The van der Waals surface area contributed by atoms with Gasteiger partial charge in [-0.2, -0.15) is 0 Å². The zero-order valence-corrected chi connectivity index (χ0v) is 26.3. The van der Waals surface area contributed by atoms with Crippen molar-refractivity contribution in [2.45, 2.75) is 48.8 Å². The number of nitrogens with zero attached hydrogens (tertiary/aromatic N) is 1. The summed E-state index contributed by atoms with van der Waals surface area (Å²) < 4.78 is 6.66. The Labute approximate surface area is 269 Å². The van der Waals surface area contributed by atoms with E-state index >= 15 is 0 Å². The van der Waals surface area contributed by atoms with Crippen molar-refractivity contribution in [1.82, 2.24) is 0 Å². The molecule has 5 aromatic carbocycles. The number of thioether (sulfide) groups is 1. The second-order valence-electron chi connectivity index (χ2n) is 12.2. The maximum atomic E-state index is 14.3. The van der Waals surface area contributed by atoms with Gasteiger partial charge in [-0.25, -0.2) is 0 Å². The molecule has 1 heterocycles. The monoisotopic (exact) mass is 611 g/mol. The Bertz CT molecular complexity index is 1770. The molecule has 1 atom stereocenters. The van der Waals surface area contributed by atoms with Crippen molar-refractivity contribution >= 4 is 23.4 Å². The Kier molecular flexibility index (Phi) is 7.99. The number of rotatable bonds is 8. The van der Waals surface area contributed by atoms with E-state index in [9.17, 15) is 9.90 Å². The van der Waals surface area contributed by atoms with Crippen molar-refractivity contribution in [2.24, 2.45) is 5.41 Å². The van der Waals surface area contributed by atoms with Gasteiger partial charge >= 0.3 is 0 Å². The van der Waals surface area contributed by atoms with Crippen molar-refractivity contribution in [2.75, 3.05) is 11.2 Å². The number of anilines is 1. The summed E-state index contributed by atoms with van der Waals surface area (Å²) in [6.45, 7) is 0.426. The third kappa shape index (κ3) is 5.45. The molecule has 4 nitrogen and oxygen atoms in total. The molecule has 226 valence electrons. The quantitative estimate of drug-likeness (QED) is 0.140. The molecule has 0 bridgehead atoms. The van der Waals surface area contributed by atoms with Crippen LogP contribution in [0.2, 0.25) is 0 Å². The van der Waals surface area contributed by atoms with Gasteiger partial charge in [-0.3, -0.25) is 4.79 Å². The molecular formula is C40H37NO3S. The maximum absolute atomic E-state index is 14.3. The van der Waals surface area contributed by atoms with E-state index in [1.807, 2.05) is 83.8 Å². The lowest BCUT2D eigenvalue weighted by atomic mass is 9.56. The number of carbonyl (C=O) groups excluding carboxylic acids is 1. The lowest BCUT2D eigenvalue weighted by molar-refractivity contribution is -0.149. The molecule has 1 amide bonds. The standard InChI is InChI=1S/C40H37NO3S/c1-45-34-20-17-30(18-21-34)31-19-22-35(36(27-31)44-28-29-11-5-2-6-12-29)37-39(38(42)41(37)33-15-9-4-10-16-33)23-25-40(43,26-24-39)32-13-7-3-8-14-32/h2-22,27,37,43H,23-26,28H2,1H3/t37-,39?,40?/m1/s1. The molecule has 1 aliphatic heterocycles. The van der Waals surface area contributed by atoms with E-state index in [1.165, 1.54) is 4.90 Å². The van der Waals surface area contributed by atoms with Crippen LogP contribution in [-0.4, -0.2) is 17.3 Å². The highest BCUT2D eigenvalue weighted by Gasteiger charge is 2.64. The summed E-state index contributed by atoms with van der Waals surface area (Å²) in [7, 11) is 0. The van der Waals surface area contributed by atoms with Gasteiger partial charge in [0.15, 0.2) is 0 Å². The number of β-lactam (4-membered cyclic amide) rings is 1. The van der Waals surface area contributed by atoms with Crippen molar-refractivity contribution < 1.29 is 14.6 Å². The van der Waals surface area contributed by atoms with Gasteiger partial charge in [0, 0.05) is 16.1 Å². The first-order valence-corrected chi connectivity index (χ1v) is 16.8. The zero-order valence-electron chi connectivity index (χ0n) is 25.4. The van der Waals surface area contributed by atoms with Crippen molar-refractivity contribution in [3.8, 4) is 16.9 Å². The summed E-state index contributed by atoms with van der Waals surface area (Å²) in [4.78, 5) is 17.5. The van der Waals surface area contributed by atoms with Crippen LogP contribution < -0.4 is 9.64 Å². The molecule has 5 aromatic rings. The zero-order chi connectivity index (χ0) is 30.9. The number of hydrogen-bond acceptors (Lipinski definition) is 4. The Balaban J connectivity index is 1.30. The highest BCUT2D eigenvalue weighted by molar-refractivity contribution is 7.98. The van der Waals surface area contributed by atoms with E-state index in [0.29, 0.717) is 32.3 Å². The molecule has 5 heteroatoms. The van der Waals surface area contributed by atoms with Crippen LogP contribution in [0.25, 0.3) is 11.1 Å². The van der Waals surface area contributed by atoms with Crippen LogP contribution in [-0.2, 0) is 17.0 Å². The number of carbonyl (C=O) groups is 1. The van der Waals surface area contributed by atoms with Gasteiger partial charge in [0.2, 0.25) is 5.91 Å². The van der Waals surface area contributed by atoms with Crippen LogP contribution >= 0.6 is 11.8 Å². The van der Waals surface area contributed by atoms with E-state index in [0.717, 1.165) is 39.3 Å². The van der Waals surface area contributed by atoms with Crippen LogP contribution in [0.15, 0.2) is 138 Å². The van der Waals surface area contributed by atoms with Gasteiger partial charge in [-0.05, 0) is 84.5 Å². The summed E-state index contributed by atoms with van der Waals surface area (Å²) in [6, 6.07) is 44.9. The molecule has 1 spiro atoms. The Hall–Kier alpha value is -4.32. The predicted octanol–water partition coefficient (Wildman–Crippen LogP) is 9.19. The third-order valence-corrected chi connectivity index (χ3v) is 10.5. The van der Waals surface area contributed by atoms with Crippen LogP contribution in [0.5, 0.6) is 5.75 Å². The lowest BCUT2D eigenvalue weighted by Gasteiger charge is -2.59. The minimum atomic E-state index is -0.941. The first kappa shape index (κ1) is 29.4. The molecule has 1 N–H and O–H groups in total. The molecule has 1 saturated heterocycles. The van der Waals surface area contributed by atoms with E-state index < -0.39 is 11.0 Å². The van der Waals surface area contributed by atoms with E-state index in [-0.39, 0.29) is 11.9 Å². The fourth-order valence-corrected chi connectivity index (χ4v) is 7.57. The van der Waals surface area contributed by atoms with Crippen LogP contribution in [0.1, 0.15) is 48.4 Å². The highest BCUT2D eigenvalue weighted by Crippen LogP contribution is 2.62. The maximum Gasteiger partial charge on any atom is 0.236 e. The minimum Gasteiger partial charge on any atom is -0.489 e. The normalized spacial score (nSPS) is 22.7. The minimum absolute atomic E-state index is 0.125. The fourth-order valence-electron chi connectivity index (χ4n) is 7.16. The molecule has 1 saturated carbocycles. The van der Waals surface area contributed by atoms with Gasteiger partial charge in [-0.1, -0.05) is 103 Å². The summed E-state index contributed by atoms with van der Waals surface area (Å²) >= 11 is 1.73. The number of benzene rings is 5. The topological polar surface area (TPSA) is 49.8 Å². The van der Waals surface area contributed by atoms with Gasteiger partial charge in [0.25, 0.3) is 0 Å². The van der Waals surface area contributed by atoms with Crippen molar-refractivity contribution in [1.29, 1.82) is 0 Å². The second-order valence-corrected chi connectivity index (χ2v) is 13.1. The van der Waals surface area contributed by atoms with Crippen LogP contribution in [0.4, 0.5) is 5.69 Å². The second kappa shape index (κ2) is 12.2. The average molecular weight is 612 g/mol. The molecule has 2 fully saturated rings. The van der Waals surface area contributed by atoms with Crippen LogP contribution in [0, 0.1) is 5.41 Å². The predicted molar refractivity (Wildman–Crippen MR) is 182 cm³/mol. The average Bonchev–Trinajstić information content (AvgIpc) is 3.11. The number of aliphatic hydroxyl groups is 1. The summed E-state index contributed by atoms with van der Waals surface area (Å²) in [5.74, 6) is 0.909. The molecule has 1 aliphatic carbocycles. The largest absolute Gasteiger partial charge is 0.489 e. The SMILES string of the molecule is CSc1ccc(-c2ccc([C@H]3N(c4ccccc4)C(=O)C34CCC(O)(c3ccccc3)CC4)c(OCc3ccccc3)c2)cc1. The number of para-hydroxylation sites is 1. The van der Waals surface area contributed by atoms with Gasteiger partial charge in [0.1, 0.15) is 12.4 Å². The number of hydrogen-bond donors (Lipinski definition) is 1. The molecule has 0 aromatic heterocycles. The Morgan fingerprint density at radius 1 is 0.756 bits per heavy atom. The van der Waals surface area contributed by atoms with E-state index in [1.54, 1.807) is 11.8 Å². The Morgan fingerprint density at radius 3 is 2.00 bits per heavy atom. The van der Waals surface area contributed by atoms with Gasteiger partial charge in [0.05, 0.1) is 17.1 Å². The van der Waals surface area contributed by atoms with E-state index in [4.69, 9.17) is 4.74 Å². The molecule has 0 radical (unpaired) electrons. The molecule has 0 unspecified atom stereocenters. The van der Waals surface area contributed by atoms with Gasteiger partial charge in [-0.15, -0.1) is 11.8 Å². The molecule has 7 rings (SSSR count). The lowest BCUT2D eigenvalue weighted by Crippen LogP contribution is -2.65. The summed E-state index contributed by atoms with van der Waals surface area (Å²) in [5, 5.41) is 11.7. The number of amides is 1. The third-order valence-electron chi connectivity index (χ3n) is 9.71. The molecule has 2 aliphatic rings. The smallest absolute Gasteiger partial charge is 0.236 e. The Morgan fingerprint density at radius 2 is 1.36 bits per heavy atom. The summed E-state index contributed by atoms with van der Waals surface area (Å²) in [5.41, 5.74) is 4.52. The number of ether oxygens (including phenoxy) is 1. The van der Waals surface area contributed by atoms with Crippen LogP contribution in [0.3, 0.4) is 0 Å². The van der Waals surface area contributed by atoms with Gasteiger partial charge < -0.3 is 14.7 Å². The summed E-state index contributed by atoms with van der Waals surface area (Å²) in [6.07, 6.45) is 4.34. The highest BCUT2D eigenvalue weighted by atomic mass is 32.2. The first-order chi connectivity index (χ1) is 22.0. The fraction of sp³-hybridized carbons (Fsp3) is 0.225.